The summed E-state index contributed by atoms with van der Waals surface area (Å²) in [4.78, 5) is 18.5. The van der Waals surface area contributed by atoms with Crippen molar-refractivity contribution in [3.63, 3.8) is 0 Å². The number of carbonyl (C=O) groups excluding carboxylic acids is 1. The highest BCUT2D eigenvalue weighted by atomic mass is 32.1. The summed E-state index contributed by atoms with van der Waals surface area (Å²) in [5, 5.41) is 5.92. The van der Waals surface area contributed by atoms with Crippen LogP contribution in [0.25, 0.3) is 0 Å². The Morgan fingerprint density at radius 1 is 1.36 bits per heavy atom. The number of hydrogen-bond donors (Lipinski definition) is 1. The Morgan fingerprint density at radius 3 is 2.82 bits per heavy atom. The van der Waals surface area contributed by atoms with E-state index in [9.17, 15) is 4.79 Å². The molecule has 22 heavy (non-hydrogen) atoms. The highest BCUT2D eigenvalue weighted by molar-refractivity contribution is 7.09. The molecule has 0 spiro atoms. The van der Waals surface area contributed by atoms with Gasteiger partial charge in [-0.25, -0.2) is 4.98 Å². The fourth-order valence-corrected chi connectivity index (χ4v) is 2.95. The molecule has 1 aromatic heterocycles. The molecule has 1 amide bonds. The third kappa shape index (κ3) is 4.84. The van der Waals surface area contributed by atoms with Crippen molar-refractivity contribution in [3.05, 3.63) is 45.9 Å². The van der Waals surface area contributed by atoms with Crippen molar-refractivity contribution in [2.24, 2.45) is 0 Å². The van der Waals surface area contributed by atoms with Crippen molar-refractivity contribution in [2.45, 2.75) is 27.2 Å². The first kappa shape index (κ1) is 16.5. The van der Waals surface area contributed by atoms with Crippen molar-refractivity contribution in [3.8, 4) is 0 Å². The summed E-state index contributed by atoms with van der Waals surface area (Å²) in [6, 6.07) is 8.44. The SMILES string of the molecule is CCN(CCNC(=O)Cc1csc(C)n1)c1cccc(C)c1. The topological polar surface area (TPSA) is 45.2 Å². The van der Waals surface area contributed by atoms with E-state index in [0.29, 0.717) is 13.0 Å². The maximum Gasteiger partial charge on any atom is 0.226 e. The predicted molar refractivity (Wildman–Crippen MR) is 92.6 cm³/mol. The van der Waals surface area contributed by atoms with Crippen LogP contribution in [0.15, 0.2) is 29.6 Å². The number of nitrogens with one attached hydrogen (secondary N) is 1. The molecule has 0 aliphatic rings. The second-order valence-corrected chi connectivity index (χ2v) is 6.37. The average molecular weight is 317 g/mol. The van der Waals surface area contributed by atoms with E-state index in [1.807, 2.05) is 12.3 Å². The number of nitrogens with zero attached hydrogens (tertiary/aromatic N) is 2. The fourth-order valence-electron chi connectivity index (χ4n) is 2.34. The zero-order chi connectivity index (χ0) is 15.9. The summed E-state index contributed by atoms with van der Waals surface area (Å²) in [7, 11) is 0. The zero-order valence-electron chi connectivity index (χ0n) is 13.4. The van der Waals surface area contributed by atoms with Crippen LogP contribution in [0.3, 0.4) is 0 Å². The van der Waals surface area contributed by atoms with Gasteiger partial charge in [0.15, 0.2) is 0 Å². The summed E-state index contributed by atoms with van der Waals surface area (Å²) >= 11 is 1.58. The first-order valence-electron chi connectivity index (χ1n) is 7.58. The van der Waals surface area contributed by atoms with Gasteiger partial charge in [-0.3, -0.25) is 4.79 Å². The molecule has 0 unspecified atom stereocenters. The Bertz CT molecular complexity index is 624. The number of rotatable bonds is 7. The molecule has 0 saturated carbocycles. The molecular formula is C17H23N3OS. The van der Waals surface area contributed by atoms with Crippen molar-refractivity contribution >= 4 is 22.9 Å². The van der Waals surface area contributed by atoms with E-state index in [2.05, 4.69) is 53.3 Å². The highest BCUT2D eigenvalue weighted by Gasteiger charge is 2.08. The van der Waals surface area contributed by atoms with E-state index in [4.69, 9.17) is 0 Å². The quantitative estimate of drug-likeness (QED) is 0.854. The third-order valence-corrected chi connectivity index (χ3v) is 4.28. The van der Waals surface area contributed by atoms with E-state index in [1.165, 1.54) is 11.3 Å². The number of hydrogen-bond acceptors (Lipinski definition) is 4. The monoisotopic (exact) mass is 317 g/mol. The molecule has 0 aliphatic carbocycles. The molecule has 0 fully saturated rings. The highest BCUT2D eigenvalue weighted by Crippen LogP contribution is 2.15. The zero-order valence-corrected chi connectivity index (χ0v) is 14.2. The van der Waals surface area contributed by atoms with Gasteiger partial charge in [0.05, 0.1) is 17.1 Å². The van der Waals surface area contributed by atoms with Crippen LogP contribution >= 0.6 is 11.3 Å². The van der Waals surface area contributed by atoms with Crippen molar-refractivity contribution < 1.29 is 4.79 Å². The molecule has 1 N–H and O–H groups in total. The van der Waals surface area contributed by atoms with Crippen LogP contribution in [0.2, 0.25) is 0 Å². The predicted octanol–water partition coefficient (Wildman–Crippen LogP) is 2.95. The van der Waals surface area contributed by atoms with E-state index in [-0.39, 0.29) is 5.91 Å². The Kier molecular flexibility index (Phi) is 5.95. The standard InChI is InChI=1S/C17H23N3OS/c1-4-20(16-7-5-6-13(2)10-16)9-8-18-17(21)11-15-12-22-14(3)19-15/h5-7,10,12H,4,8-9,11H2,1-3H3,(H,18,21). The number of benzene rings is 1. The second-order valence-electron chi connectivity index (χ2n) is 5.30. The van der Waals surface area contributed by atoms with Gasteiger partial charge in [0.25, 0.3) is 0 Å². The minimum Gasteiger partial charge on any atom is -0.370 e. The van der Waals surface area contributed by atoms with Crippen LogP contribution < -0.4 is 10.2 Å². The molecule has 2 rings (SSSR count). The van der Waals surface area contributed by atoms with Gasteiger partial charge in [0.1, 0.15) is 0 Å². The maximum atomic E-state index is 11.9. The number of thiazole rings is 1. The Balaban J connectivity index is 1.80. The van der Waals surface area contributed by atoms with Gasteiger partial charge in [-0.2, -0.15) is 0 Å². The smallest absolute Gasteiger partial charge is 0.226 e. The second kappa shape index (κ2) is 7.94. The van der Waals surface area contributed by atoms with Gasteiger partial charge in [0, 0.05) is 30.7 Å². The molecule has 5 heteroatoms. The minimum atomic E-state index is 0.0330. The number of aromatic nitrogens is 1. The van der Waals surface area contributed by atoms with E-state index in [1.54, 1.807) is 11.3 Å². The number of likely N-dealkylation sites (N-methyl/N-ethyl adjacent to an activating group) is 1. The first-order valence-corrected chi connectivity index (χ1v) is 8.45. The summed E-state index contributed by atoms with van der Waals surface area (Å²) in [6.45, 7) is 8.54. The Labute approximate surface area is 136 Å². The summed E-state index contributed by atoms with van der Waals surface area (Å²) in [5.41, 5.74) is 3.30. The molecule has 118 valence electrons. The lowest BCUT2D eigenvalue weighted by molar-refractivity contribution is -0.120. The first-order chi connectivity index (χ1) is 10.6. The Morgan fingerprint density at radius 2 is 2.18 bits per heavy atom. The summed E-state index contributed by atoms with van der Waals surface area (Å²) in [5.74, 6) is 0.0330. The van der Waals surface area contributed by atoms with E-state index >= 15 is 0 Å². The van der Waals surface area contributed by atoms with Crippen LogP contribution in [0.1, 0.15) is 23.2 Å². The van der Waals surface area contributed by atoms with Crippen LogP contribution in [0.5, 0.6) is 0 Å². The summed E-state index contributed by atoms with van der Waals surface area (Å²) < 4.78 is 0. The van der Waals surface area contributed by atoms with Gasteiger partial charge in [-0.15, -0.1) is 11.3 Å². The molecule has 2 aromatic rings. The van der Waals surface area contributed by atoms with Gasteiger partial charge >= 0.3 is 0 Å². The number of aryl methyl sites for hydroxylation is 2. The molecule has 0 aliphatic heterocycles. The van der Waals surface area contributed by atoms with Gasteiger partial charge in [-0.1, -0.05) is 12.1 Å². The lowest BCUT2D eigenvalue weighted by atomic mass is 10.2. The van der Waals surface area contributed by atoms with Gasteiger partial charge in [0.2, 0.25) is 5.91 Å². The maximum absolute atomic E-state index is 11.9. The minimum absolute atomic E-state index is 0.0330. The summed E-state index contributed by atoms with van der Waals surface area (Å²) in [6.07, 6.45) is 0.362. The van der Waals surface area contributed by atoms with E-state index in [0.717, 1.165) is 23.8 Å². The largest absolute Gasteiger partial charge is 0.370 e. The fraction of sp³-hybridized carbons (Fsp3) is 0.412. The molecular weight excluding hydrogens is 294 g/mol. The number of amides is 1. The Hall–Kier alpha value is -1.88. The number of anilines is 1. The molecule has 4 nitrogen and oxygen atoms in total. The lowest BCUT2D eigenvalue weighted by Gasteiger charge is -2.23. The molecule has 0 atom stereocenters. The van der Waals surface area contributed by atoms with Crippen LogP contribution in [0, 0.1) is 13.8 Å². The lowest BCUT2D eigenvalue weighted by Crippen LogP contribution is -2.35. The molecule has 1 heterocycles. The van der Waals surface area contributed by atoms with Crippen molar-refractivity contribution in [1.82, 2.24) is 10.3 Å². The van der Waals surface area contributed by atoms with Crippen LogP contribution in [-0.4, -0.2) is 30.5 Å². The van der Waals surface area contributed by atoms with Crippen molar-refractivity contribution in [1.29, 1.82) is 0 Å². The third-order valence-electron chi connectivity index (χ3n) is 3.46. The van der Waals surface area contributed by atoms with Gasteiger partial charge in [-0.05, 0) is 38.5 Å². The van der Waals surface area contributed by atoms with Crippen LogP contribution in [-0.2, 0) is 11.2 Å². The molecule has 0 bridgehead atoms. The van der Waals surface area contributed by atoms with Gasteiger partial charge < -0.3 is 10.2 Å². The molecule has 0 saturated heterocycles. The average Bonchev–Trinajstić information content (AvgIpc) is 2.88. The van der Waals surface area contributed by atoms with E-state index < -0.39 is 0 Å². The van der Waals surface area contributed by atoms with Crippen molar-refractivity contribution in [2.75, 3.05) is 24.5 Å². The number of carbonyl (C=O) groups is 1. The molecule has 0 radical (unpaired) electrons. The normalized spacial score (nSPS) is 10.5. The van der Waals surface area contributed by atoms with Crippen LogP contribution in [0.4, 0.5) is 5.69 Å². The molecule has 1 aromatic carbocycles.